The normalized spacial score (nSPS) is 12.6. The van der Waals surface area contributed by atoms with Gasteiger partial charge in [-0.25, -0.2) is 0 Å². The molecule has 2 atom stereocenters. The first-order valence-electron chi connectivity index (χ1n) is 6.80. The van der Waals surface area contributed by atoms with Gasteiger partial charge in [0.25, 0.3) is 0 Å². The van der Waals surface area contributed by atoms with E-state index >= 15 is 0 Å². The van der Waals surface area contributed by atoms with Crippen molar-refractivity contribution in [3.8, 4) is 6.07 Å². The highest BCUT2D eigenvalue weighted by molar-refractivity contribution is 5.53. The Hall–Kier alpha value is -2.53. The zero-order chi connectivity index (χ0) is 16.0. The van der Waals surface area contributed by atoms with Crippen LogP contribution in [0.3, 0.4) is 0 Å². The fourth-order valence-corrected chi connectivity index (χ4v) is 2.37. The number of hydrogen-bond donors (Lipinski definition) is 1. The van der Waals surface area contributed by atoms with Crippen molar-refractivity contribution in [2.24, 2.45) is 11.8 Å². The van der Waals surface area contributed by atoms with Crippen molar-refractivity contribution in [2.45, 2.75) is 13.8 Å². The summed E-state index contributed by atoms with van der Waals surface area (Å²) in [6, 6.07) is 9.44. The van der Waals surface area contributed by atoms with Gasteiger partial charge in [-0.2, -0.15) is 5.26 Å². The molecule has 2 nitrogen and oxygen atoms in total. The smallest absolute Gasteiger partial charge is 0.0992 e. The molecule has 108 valence electrons. The van der Waals surface area contributed by atoms with Crippen LogP contribution in [-0.2, 0) is 0 Å². The first-order chi connectivity index (χ1) is 9.90. The van der Waals surface area contributed by atoms with Crippen LogP contribution < -0.4 is 5.32 Å². The molecule has 1 aromatic rings. The third-order valence-corrected chi connectivity index (χ3v) is 3.38. The van der Waals surface area contributed by atoms with Crippen LogP contribution in [0.1, 0.15) is 19.4 Å². The lowest BCUT2D eigenvalue weighted by atomic mass is 9.81. The van der Waals surface area contributed by atoms with Crippen molar-refractivity contribution < 1.29 is 0 Å². The number of nitrogens with zero attached hydrogens (tertiary/aromatic N) is 1. The van der Waals surface area contributed by atoms with Gasteiger partial charge < -0.3 is 5.32 Å². The van der Waals surface area contributed by atoms with E-state index in [1.807, 2.05) is 32.1 Å². The van der Waals surface area contributed by atoms with Gasteiger partial charge in [-0.3, -0.25) is 0 Å². The number of anilines is 1. The van der Waals surface area contributed by atoms with Crippen LogP contribution >= 0.6 is 0 Å². The van der Waals surface area contributed by atoms with Gasteiger partial charge in [-0.1, -0.05) is 43.0 Å². The van der Waals surface area contributed by atoms with Crippen molar-refractivity contribution in [2.75, 3.05) is 5.32 Å². The Kier molecular flexibility index (Phi) is 5.75. The average molecular weight is 278 g/mol. The molecule has 0 bridgehead atoms. The predicted molar refractivity (Wildman–Crippen MR) is 90.7 cm³/mol. The van der Waals surface area contributed by atoms with Crippen LogP contribution in [0.25, 0.3) is 0 Å². The molecule has 0 aliphatic carbocycles. The Labute approximate surface area is 127 Å². The molecule has 0 saturated carbocycles. The molecule has 0 saturated heterocycles. The van der Waals surface area contributed by atoms with Crippen LogP contribution in [0.5, 0.6) is 0 Å². The van der Waals surface area contributed by atoms with E-state index in [2.05, 4.69) is 37.7 Å². The number of hydrogen-bond acceptors (Lipinski definition) is 2. The van der Waals surface area contributed by atoms with Crippen molar-refractivity contribution >= 4 is 5.69 Å². The van der Waals surface area contributed by atoms with Crippen molar-refractivity contribution in [3.63, 3.8) is 0 Å². The first-order valence-corrected chi connectivity index (χ1v) is 6.80. The monoisotopic (exact) mass is 278 g/mol. The fraction of sp³-hybridized carbons (Fsp3) is 0.211. The molecule has 0 spiro atoms. The average Bonchev–Trinajstić information content (AvgIpc) is 2.43. The highest BCUT2D eigenvalue weighted by Crippen LogP contribution is 2.32. The van der Waals surface area contributed by atoms with Crippen molar-refractivity contribution in [1.82, 2.24) is 0 Å². The Morgan fingerprint density at radius 3 is 2.38 bits per heavy atom. The van der Waals surface area contributed by atoms with E-state index in [1.165, 1.54) is 0 Å². The molecule has 0 radical (unpaired) electrons. The Morgan fingerprint density at radius 1 is 1.24 bits per heavy atom. The second-order valence-electron chi connectivity index (χ2n) is 5.27. The van der Waals surface area contributed by atoms with Gasteiger partial charge in [0, 0.05) is 23.2 Å². The summed E-state index contributed by atoms with van der Waals surface area (Å²) in [4.78, 5) is 0. The third-order valence-electron chi connectivity index (χ3n) is 3.38. The summed E-state index contributed by atoms with van der Waals surface area (Å²) in [6.07, 6.45) is 1.88. The summed E-state index contributed by atoms with van der Waals surface area (Å²) < 4.78 is 0. The molecule has 2 heteroatoms. The van der Waals surface area contributed by atoms with Crippen LogP contribution in [-0.4, -0.2) is 0 Å². The van der Waals surface area contributed by atoms with E-state index in [9.17, 15) is 0 Å². The predicted octanol–water partition coefficient (Wildman–Crippen LogP) is 5.05. The second kappa shape index (κ2) is 7.31. The molecule has 0 heterocycles. The van der Waals surface area contributed by atoms with Gasteiger partial charge in [0.1, 0.15) is 0 Å². The largest absolute Gasteiger partial charge is 0.359 e. The topological polar surface area (TPSA) is 35.8 Å². The molecule has 1 rings (SSSR count). The van der Waals surface area contributed by atoms with Crippen molar-refractivity contribution in [1.29, 1.82) is 5.26 Å². The van der Waals surface area contributed by atoms with Gasteiger partial charge >= 0.3 is 0 Å². The highest BCUT2D eigenvalue weighted by atomic mass is 14.9. The lowest BCUT2D eigenvalue weighted by Gasteiger charge is -2.28. The fourth-order valence-electron chi connectivity index (χ4n) is 2.37. The number of allylic oxidation sites excluding steroid dienone is 3. The zero-order valence-electron chi connectivity index (χ0n) is 12.8. The first kappa shape index (κ1) is 16.5. The number of benzene rings is 1. The third kappa shape index (κ3) is 4.22. The molecule has 0 aromatic heterocycles. The van der Waals surface area contributed by atoms with E-state index in [0.717, 1.165) is 22.5 Å². The Balaban J connectivity index is 3.02. The molecule has 2 unspecified atom stereocenters. The molecular formula is C19H22N2. The SMILES string of the molecule is C=CC(C(=C)C)C(C(=C)C)C(=C)Nc1cccc(C#N)c1. The van der Waals surface area contributed by atoms with Gasteiger partial charge in [0.05, 0.1) is 11.6 Å². The summed E-state index contributed by atoms with van der Waals surface area (Å²) in [5, 5.41) is 12.2. The minimum absolute atomic E-state index is 0.0192. The van der Waals surface area contributed by atoms with Gasteiger partial charge in [0.2, 0.25) is 0 Å². The lowest BCUT2D eigenvalue weighted by molar-refractivity contribution is 0.585. The number of rotatable bonds is 7. The molecular weight excluding hydrogens is 256 g/mol. The Bertz CT molecular complexity index is 617. The summed E-state index contributed by atoms with van der Waals surface area (Å²) in [5.74, 6) is 0.104. The van der Waals surface area contributed by atoms with E-state index < -0.39 is 0 Å². The Morgan fingerprint density at radius 2 is 1.90 bits per heavy atom. The number of nitriles is 1. The molecule has 0 fully saturated rings. The van der Waals surface area contributed by atoms with Gasteiger partial charge in [-0.15, -0.1) is 6.58 Å². The van der Waals surface area contributed by atoms with Crippen LogP contribution in [0.15, 0.2) is 73.5 Å². The van der Waals surface area contributed by atoms with Crippen LogP contribution in [0.4, 0.5) is 5.69 Å². The lowest BCUT2D eigenvalue weighted by Crippen LogP contribution is -2.21. The maximum Gasteiger partial charge on any atom is 0.0992 e. The van der Waals surface area contributed by atoms with E-state index in [1.54, 1.807) is 12.1 Å². The van der Waals surface area contributed by atoms with E-state index in [0.29, 0.717) is 5.56 Å². The van der Waals surface area contributed by atoms with Gasteiger partial charge in [0.15, 0.2) is 0 Å². The number of nitrogens with one attached hydrogen (secondary N) is 1. The van der Waals surface area contributed by atoms with Crippen molar-refractivity contribution in [3.05, 3.63) is 79.1 Å². The summed E-state index contributed by atoms with van der Waals surface area (Å²) in [6.45, 7) is 20.1. The maximum atomic E-state index is 8.95. The minimum atomic E-state index is 0.0192. The van der Waals surface area contributed by atoms with E-state index in [4.69, 9.17) is 5.26 Å². The van der Waals surface area contributed by atoms with Crippen LogP contribution in [0, 0.1) is 23.2 Å². The molecule has 0 aliphatic heterocycles. The summed E-state index contributed by atoms with van der Waals surface area (Å²) in [7, 11) is 0. The quantitative estimate of drug-likeness (QED) is 0.708. The minimum Gasteiger partial charge on any atom is -0.359 e. The molecule has 0 aliphatic rings. The molecule has 21 heavy (non-hydrogen) atoms. The highest BCUT2D eigenvalue weighted by Gasteiger charge is 2.23. The van der Waals surface area contributed by atoms with Crippen LogP contribution in [0.2, 0.25) is 0 Å². The standard InChI is InChI=1S/C19H22N2/c1-7-18(13(2)3)19(14(4)5)15(6)21-17-10-8-9-16(11-17)12-20/h7-11,18-19,21H,1-2,4,6H2,3,5H3. The zero-order valence-corrected chi connectivity index (χ0v) is 12.8. The van der Waals surface area contributed by atoms with E-state index in [-0.39, 0.29) is 11.8 Å². The second-order valence-corrected chi connectivity index (χ2v) is 5.27. The maximum absolute atomic E-state index is 8.95. The molecule has 1 aromatic carbocycles. The summed E-state index contributed by atoms with van der Waals surface area (Å²) >= 11 is 0. The van der Waals surface area contributed by atoms with Gasteiger partial charge in [-0.05, 0) is 32.0 Å². The molecule has 1 N–H and O–H groups in total. The summed E-state index contributed by atoms with van der Waals surface area (Å²) in [5.41, 5.74) is 4.30. The molecule has 0 amide bonds.